The minimum absolute atomic E-state index is 0.872. The molecule has 1 heterocycles. The van der Waals surface area contributed by atoms with E-state index in [9.17, 15) is 0 Å². The molecule has 0 amide bonds. The molecular formula is C12H36N4O4Si4. The van der Waals surface area contributed by atoms with Crippen molar-refractivity contribution < 1.29 is 17.7 Å². The molecule has 12 heteroatoms. The van der Waals surface area contributed by atoms with Gasteiger partial charge in [0.05, 0.1) is 0 Å². The Morgan fingerprint density at radius 2 is 0.625 bits per heavy atom. The van der Waals surface area contributed by atoms with E-state index in [2.05, 4.69) is 46.3 Å². The van der Waals surface area contributed by atoms with Crippen LogP contribution in [0.25, 0.3) is 0 Å². The fraction of sp³-hybridized carbons (Fsp3) is 1.00. The Labute approximate surface area is 151 Å². The minimum Gasteiger partial charge on any atom is -0.396 e. The van der Waals surface area contributed by atoms with Crippen LogP contribution in [0.2, 0.25) is 24.2 Å². The van der Waals surface area contributed by atoms with Crippen molar-refractivity contribution in [3.8, 4) is 0 Å². The van der Waals surface area contributed by atoms with Crippen molar-refractivity contribution in [2.75, 3.05) is 28.4 Å². The summed E-state index contributed by atoms with van der Waals surface area (Å²) in [6.45, 7) is 8.58. The van der Waals surface area contributed by atoms with Gasteiger partial charge in [-0.3, -0.25) is 18.6 Å². The standard InChI is InChI=1S/C12H36N4O4Si4/c1-9-21(17-5)13-22(10-2,18-6)15-24(12-4,20-8)16-23(11-3,14-21)19-7/h13-16H,9-12H2,1-8H3. The zero-order valence-corrected chi connectivity index (χ0v) is 20.5. The van der Waals surface area contributed by atoms with E-state index in [-0.39, 0.29) is 0 Å². The molecule has 144 valence electrons. The van der Waals surface area contributed by atoms with Crippen LogP contribution in [0.3, 0.4) is 0 Å². The first-order valence-corrected chi connectivity index (χ1v) is 17.2. The summed E-state index contributed by atoms with van der Waals surface area (Å²) in [6.07, 6.45) is 0. The zero-order chi connectivity index (χ0) is 18.5. The second-order valence-corrected chi connectivity index (χ2v) is 21.1. The van der Waals surface area contributed by atoms with Crippen LogP contribution >= 0.6 is 0 Å². The van der Waals surface area contributed by atoms with Crippen LogP contribution in [0.1, 0.15) is 27.7 Å². The largest absolute Gasteiger partial charge is 0.396 e. The zero-order valence-electron chi connectivity index (χ0n) is 16.5. The van der Waals surface area contributed by atoms with Gasteiger partial charge in [0.15, 0.2) is 0 Å². The molecule has 0 unspecified atom stereocenters. The molecule has 0 radical (unpaired) electrons. The van der Waals surface area contributed by atoms with E-state index >= 15 is 0 Å². The lowest BCUT2D eigenvalue weighted by atomic mass is 11.0. The second kappa shape index (κ2) is 8.96. The third-order valence-corrected chi connectivity index (χ3v) is 24.7. The molecule has 0 saturated carbocycles. The lowest BCUT2D eigenvalue weighted by Crippen LogP contribution is -2.93. The lowest BCUT2D eigenvalue weighted by Gasteiger charge is -2.51. The van der Waals surface area contributed by atoms with Crippen molar-refractivity contribution in [3.63, 3.8) is 0 Å². The molecule has 0 spiro atoms. The van der Waals surface area contributed by atoms with Gasteiger partial charge < -0.3 is 17.7 Å². The molecule has 1 fully saturated rings. The van der Waals surface area contributed by atoms with Gasteiger partial charge in [-0.1, -0.05) is 27.7 Å². The van der Waals surface area contributed by atoms with Gasteiger partial charge in [-0.2, -0.15) is 0 Å². The predicted octanol–water partition coefficient (Wildman–Crippen LogP) is 0.779. The van der Waals surface area contributed by atoms with Gasteiger partial charge in [0.25, 0.3) is 0 Å². The van der Waals surface area contributed by atoms with Crippen molar-refractivity contribution in [3.05, 3.63) is 0 Å². The smallest absolute Gasteiger partial charge is 0.343 e. The molecule has 1 rings (SSSR count). The minimum atomic E-state index is -2.44. The highest BCUT2D eigenvalue weighted by atomic mass is 28.5. The third-order valence-electron chi connectivity index (χ3n) is 5.00. The predicted molar refractivity (Wildman–Crippen MR) is 106 cm³/mol. The Hall–Kier alpha value is 0.548. The molecule has 4 N–H and O–H groups in total. The molecule has 0 aromatic heterocycles. The molecule has 0 atom stereocenters. The molecule has 1 aliphatic heterocycles. The SMILES string of the molecule is CC[Si]1(OC)N[Si](CC)(OC)N[Si](CC)(OC)N[Si](CC)(OC)N1. The Balaban J connectivity index is 3.45. The van der Waals surface area contributed by atoms with Crippen molar-refractivity contribution in [2.24, 2.45) is 0 Å². The third kappa shape index (κ3) is 4.44. The first-order valence-electron chi connectivity index (χ1n) is 8.69. The molecule has 8 nitrogen and oxygen atoms in total. The Bertz CT molecular complexity index is 303. The van der Waals surface area contributed by atoms with Crippen LogP contribution < -0.4 is 18.6 Å². The van der Waals surface area contributed by atoms with E-state index in [0.717, 1.165) is 24.2 Å². The molecule has 0 bridgehead atoms. The lowest BCUT2D eigenvalue weighted by molar-refractivity contribution is 0.316. The Morgan fingerprint density at radius 3 is 0.708 bits per heavy atom. The molecule has 0 aliphatic carbocycles. The summed E-state index contributed by atoms with van der Waals surface area (Å²) < 4.78 is 39.4. The molecule has 0 aromatic rings. The van der Waals surface area contributed by atoms with Crippen LogP contribution in [-0.4, -0.2) is 63.0 Å². The van der Waals surface area contributed by atoms with Gasteiger partial charge in [0.1, 0.15) is 0 Å². The van der Waals surface area contributed by atoms with Gasteiger partial charge in [-0.25, -0.2) is 0 Å². The molecule has 24 heavy (non-hydrogen) atoms. The molecular weight excluding hydrogens is 377 g/mol. The first-order chi connectivity index (χ1) is 11.3. The van der Waals surface area contributed by atoms with E-state index in [4.69, 9.17) is 17.7 Å². The summed E-state index contributed by atoms with van der Waals surface area (Å²) in [5.41, 5.74) is 0. The van der Waals surface area contributed by atoms with Crippen molar-refractivity contribution >= 4 is 34.6 Å². The van der Waals surface area contributed by atoms with E-state index < -0.39 is 34.6 Å². The normalized spacial score (nSPS) is 41.0. The highest BCUT2D eigenvalue weighted by molar-refractivity contribution is 7.01. The average Bonchev–Trinajstić information content (AvgIpc) is 2.63. The summed E-state index contributed by atoms with van der Waals surface area (Å²) >= 11 is 0. The molecule has 1 aliphatic rings. The van der Waals surface area contributed by atoms with Crippen molar-refractivity contribution in [2.45, 2.75) is 51.9 Å². The Kier molecular flexibility index (Phi) is 8.44. The van der Waals surface area contributed by atoms with Crippen molar-refractivity contribution in [1.82, 2.24) is 18.6 Å². The fourth-order valence-corrected chi connectivity index (χ4v) is 26.9. The van der Waals surface area contributed by atoms with Gasteiger partial charge in [0, 0.05) is 28.4 Å². The van der Waals surface area contributed by atoms with Crippen LogP contribution in [0, 0.1) is 0 Å². The number of hydrogen-bond acceptors (Lipinski definition) is 8. The van der Waals surface area contributed by atoms with Crippen LogP contribution in [0.4, 0.5) is 0 Å². The molecule has 1 saturated heterocycles. The maximum atomic E-state index is 6.04. The fourth-order valence-electron chi connectivity index (χ4n) is 3.12. The highest BCUT2D eigenvalue weighted by Gasteiger charge is 2.59. The van der Waals surface area contributed by atoms with Crippen LogP contribution in [0.5, 0.6) is 0 Å². The van der Waals surface area contributed by atoms with E-state index in [0.29, 0.717) is 0 Å². The monoisotopic (exact) mass is 412 g/mol. The number of hydrogen-bond donors (Lipinski definition) is 4. The average molecular weight is 413 g/mol. The maximum absolute atomic E-state index is 6.04. The quantitative estimate of drug-likeness (QED) is 0.435. The van der Waals surface area contributed by atoms with Gasteiger partial charge in [-0.05, 0) is 24.2 Å². The topological polar surface area (TPSA) is 85.0 Å². The summed E-state index contributed by atoms with van der Waals surface area (Å²) in [4.78, 5) is 0. The Morgan fingerprint density at radius 1 is 0.458 bits per heavy atom. The number of rotatable bonds is 8. The summed E-state index contributed by atoms with van der Waals surface area (Å²) in [5.74, 6) is 0. The summed E-state index contributed by atoms with van der Waals surface area (Å²) in [6, 6.07) is 3.49. The van der Waals surface area contributed by atoms with Crippen LogP contribution in [-0.2, 0) is 17.7 Å². The molecule has 0 aromatic carbocycles. The number of nitrogens with one attached hydrogen (secondary N) is 4. The van der Waals surface area contributed by atoms with Gasteiger partial charge in [-0.15, -0.1) is 0 Å². The van der Waals surface area contributed by atoms with E-state index in [1.165, 1.54) is 0 Å². The van der Waals surface area contributed by atoms with Gasteiger partial charge in [0.2, 0.25) is 0 Å². The second-order valence-electron chi connectivity index (χ2n) is 6.04. The van der Waals surface area contributed by atoms with Gasteiger partial charge >= 0.3 is 34.6 Å². The summed E-state index contributed by atoms with van der Waals surface area (Å²) in [7, 11) is -2.68. The maximum Gasteiger partial charge on any atom is 0.343 e. The first kappa shape index (κ1) is 22.6. The van der Waals surface area contributed by atoms with Crippen LogP contribution in [0.15, 0.2) is 0 Å². The van der Waals surface area contributed by atoms with Crippen molar-refractivity contribution in [1.29, 1.82) is 0 Å². The van der Waals surface area contributed by atoms with E-state index in [1.54, 1.807) is 28.4 Å². The highest BCUT2D eigenvalue weighted by Crippen LogP contribution is 2.22. The van der Waals surface area contributed by atoms with E-state index in [1.807, 2.05) is 0 Å². The summed E-state index contributed by atoms with van der Waals surface area (Å²) in [5, 5.41) is 0.